The first-order valence-corrected chi connectivity index (χ1v) is 4.89. The predicted octanol–water partition coefficient (Wildman–Crippen LogP) is 4.02. The van der Waals surface area contributed by atoms with Crippen molar-refractivity contribution < 1.29 is 0 Å². The summed E-state index contributed by atoms with van der Waals surface area (Å²) in [6.07, 6.45) is 8.49. The minimum Gasteiger partial charge on any atom is -0.0914 e. The van der Waals surface area contributed by atoms with Crippen molar-refractivity contribution >= 4 is 0 Å². The number of hydrogen-bond acceptors (Lipinski definition) is 0. The highest BCUT2D eigenvalue weighted by Gasteiger charge is 2.10. The van der Waals surface area contributed by atoms with Crippen LogP contribution >= 0.6 is 0 Å². The van der Waals surface area contributed by atoms with E-state index in [0.717, 1.165) is 11.8 Å². The van der Waals surface area contributed by atoms with Crippen LogP contribution in [0.1, 0.15) is 47.0 Å². The van der Waals surface area contributed by atoms with Crippen molar-refractivity contribution in [1.29, 1.82) is 0 Å². The molecule has 0 bridgehead atoms. The molecule has 0 saturated heterocycles. The van der Waals surface area contributed by atoms with Gasteiger partial charge in [-0.15, -0.1) is 0 Å². The number of rotatable bonds is 5. The quantitative estimate of drug-likeness (QED) is 0.524. The van der Waals surface area contributed by atoms with E-state index in [9.17, 15) is 0 Å². The topological polar surface area (TPSA) is 0 Å². The lowest BCUT2D eigenvalue weighted by molar-refractivity contribution is 0.388. The van der Waals surface area contributed by atoms with E-state index in [1.165, 1.54) is 19.3 Å². The Morgan fingerprint density at radius 1 is 1.27 bits per heavy atom. The van der Waals surface area contributed by atoms with Gasteiger partial charge in [-0.3, -0.25) is 0 Å². The molecule has 0 aliphatic carbocycles. The van der Waals surface area contributed by atoms with Crippen molar-refractivity contribution in [3.05, 3.63) is 12.2 Å². The summed E-state index contributed by atoms with van der Waals surface area (Å²) in [6, 6.07) is 0. The van der Waals surface area contributed by atoms with Crippen LogP contribution in [0.15, 0.2) is 12.2 Å². The largest absolute Gasteiger partial charge is 0.0914 e. The Bertz CT molecular complexity index is 103. The Kier molecular flexibility index (Phi) is 6.30. The van der Waals surface area contributed by atoms with Crippen LogP contribution in [-0.2, 0) is 0 Å². The molecule has 2 atom stereocenters. The summed E-state index contributed by atoms with van der Waals surface area (Å²) >= 11 is 0. The molecular formula is C11H22. The molecular weight excluding hydrogens is 132 g/mol. The Balaban J connectivity index is 3.80. The van der Waals surface area contributed by atoms with Gasteiger partial charge in [-0.25, -0.2) is 0 Å². The average Bonchev–Trinajstić information content (AvgIpc) is 2.00. The standard InChI is InChI=1S/C11H22/c1-5-8-10(4)11(7-3)9-6-2/h6,9-11H,5,7-8H2,1-4H3/t10?,11-/m0/s1. The zero-order valence-corrected chi connectivity index (χ0v) is 8.43. The smallest absolute Gasteiger partial charge is 0.0211 e. The van der Waals surface area contributed by atoms with Crippen LogP contribution in [0.4, 0.5) is 0 Å². The summed E-state index contributed by atoms with van der Waals surface area (Å²) in [6.45, 7) is 9.01. The van der Waals surface area contributed by atoms with Crippen molar-refractivity contribution in [1.82, 2.24) is 0 Å². The molecule has 0 fully saturated rings. The molecule has 0 aliphatic rings. The molecule has 0 saturated carbocycles. The minimum absolute atomic E-state index is 0.806. The lowest BCUT2D eigenvalue weighted by Gasteiger charge is -2.18. The normalized spacial score (nSPS) is 17.1. The lowest BCUT2D eigenvalue weighted by atomic mass is 9.88. The van der Waals surface area contributed by atoms with E-state index < -0.39 is 0 Å². The summed E-state index contributed by atoms with van der Waals surface area (Å²) in [5.41, 5.74) is 0. The first-order chi connectivity index (χ1) is 5.26. The zero-order chi connectivity index (χ0) is 8.69. The summed E-state index contributed by atoms with van der Waals surface area (Å²) in [4.78, 5) is 0. The second kappa shape index (κ2) is 6.45. The molecule has 0 rings (SSSR count). The van der Waals surface area contributed by atoms with Crippen LogP contribution in [0.2, 0.25) is 0 Å². The highest BCUT2D eigenvalue weighted by atomic mass is 14.1. The van der Waals surface area contributed by atoms with Crippen molar-refractivity contribution in [2.24, 2.45) is 11.8 Å². The van der Waals surface area contributed by atoms with Gasteiger partial charge in [0.15, 0.2) is 0 Å². The highest BCUT2D eigenvalue weighted by molar-refractivity contribution is 4.87. The van der Waals surface area contributed by atoms with E-state index >= 15 is 0 Å². The predicted molar refractivity (Wildman–Crippen MR) is 52.7 cm³/mol. The van der Waals surface area contributed by atoms with Crippen molar-refractivity contribution in [3.63, 3.8) is 0 Å². The van der Waals surface area contributed by atoms with Crippen LogP contribution in [0, 0.1) is 11.8 Å². The molecule has 0 aromatic rings. The molecule has 66 valence electrons. The molecule has 11 heavy (non-hydrogen) atoms. The zero-order valence-electron chi connectivity index (χ0n) is 8.43. The fraction of sp³-hybridized carbons (Fsp3) is 0.818. The van der Waals surface area contributed by atoms with Gasteiger partial charge in [-0.2, -0.15) is 0 Å². The van der Waals surface area contributed by atoms with Crippen LogP contribution < -0.4 is 0 Å². The van der Waals surface area contributed by atoms with E-state index in [-0.39, 0.29) is 0 Å². The minimum atomic E-state index is 0.806. The van der Waals surface area contributed by atoms with Crippen LogP contribution in [-0.4, -0.2) is 0 Å². The highest BCUT2D eigenvalue weighted by Crippen LogP contribution is 2.21. The van der Waals surface area contributed by atoms with Gasteiger partial charge in [0.2, 0.25) is 0 Å². The van der Waals surface area contributed by atoms with Crippen molar-refractivity contribution in [3.8, 4) is 0 Å². The lowest BCUT2D eigenvalue weighted by Crippen LogP contribution is -2.07. The second-order valence-electron chi connectivity index (χ2n) is 3.36. The molecule has 0 radical (unpaired) electrons. The Morgan fingerprint density at radius 2 is 1.91 bits per heavy atom. The van der Waals surface area contributed by atoms with Gasteiger partial charge in [0.25, 0.3) is 0 Å². The fourth-order valence-corrected chi connectivity index (χ4v) is 1.64. The number of allylic oxidation sites excluding steroid dienone is 2. The number of hydrogen-bond donors (Lipinski definition) is 0. The van der Waals surface area contributed by atoms with Gasteiger partial charge in [0.1, 0.15) is 0 Å². The van der Waals surface area contributed by atoms with E-state index in [1.54, 1.807) is 0 Å². The Labute approximate surface area is 71.7 Å². The second-order valence-corrected chi connectivity index (χ2v) is 3.36. The molecule has 0 amide bonds. The van der Waals surface area contributed by atoms with E-state index in [0.29, 0.717) is 0 Å². The van der Waals surface area contributed by atoms with Gasteiger partial charge < -0.3 is 0 Å². The summed E-state index contributed by atoms with van der Waals surface area (Å²) in [5, 5.41) is 0. The van der Waals surface area contributed by atoms with E-state index in [1.807, 2.05) is 0 Å². The SMILES string of the molecule is CC=C[C@H](CC)C(C)CCC. The van der Waals surface area contributed by atoms with Gasteiger partial charge in [0, 0.05) is 0 Å². The molecule has 0 heterocycles. The van der Waals surface area contributed by atoms with Gasteiger partial charge in [0.05, 0.1) is 0 Å². The van der Waals surface area contributed by atoms with Gasteiger partial charge >= 0.3 is 0 Å². The maximum Gasteiger partial charge on any atom is -0.0211 e. The van der Waals surface area contributed by atoms with E-state index in [4.69, 9.17) is 0 Å². The fourth-order valence-electron chi connectivity index (χ4n) is 1.64. The first kappa shape index (κ1) is 10.7. The summed E-state index contributed by atoms with van der Waals surface area (Å²) in [7, 11) is 0. The average molecular weight is 154 g/mol. The molecule has 1 unspecified atom stereocenters. The van der Waals surface area contributed by atoms with Crippen molar-refractivity contribution in [2.75, 3.05) is 0 Å². The van der Waals surface area contributed by atoms with Crippen molar-refractivity contribution in [2.45, 2.75) is 47.0 Å². The monoisotopic (exact) mass is 154 g/mol. The molecule has 0 aromatic carbocycles. The third-order valence-corrected chi connectivity index (χ3v) is 2.39. The third kappa shape index (κ3) is 4.23. The van der Waals surface area contributed by atoms with E-state index in [2.05, 4.69) is 39.8 Å². The first-order valence-electron chi connectivity index (χ1n) is 4.89. The molecule has 0 nitrogen and oxygen atoms in total. The molecule has 0 aromatic heterocycles. The Hall–Kier alpha value is -0.260. The maximum absolute atomic E-state index is 2.36. The summed E-state index contributed by atoms with van der Waals surface area (Å²) in [5.74, 6) is 1.67. The molecule has 0 spiro atoms. The molecule has 0 aliphatic heterocycles. The third-order valence-electron chi connectivity index (χ3n) is 2.39. The van der Waals surface area contributed by atoms with Crippen LogP contribution in [0.3, 0.4) is 0 Å². The molecule has 0 N–H and O–H groups in total. The maximum atomic E-state index is 2.36. The van der Waals surface area contributed by atoms with Gasteiger partial charge in [-0.1, -0.05) is 45.8 Å². The van der Waals surface area contributed by atoms with Crippen LogP contribution in [0.5, 0.6) is 0 Å². The van der Waals surface area contributed by atoms with Gasteiger partial charge in [-0.05, 0) is 25.2 Å². The van der Waals surface area contributed by atoms with Crippen LogP contribution in [0.25, 0.3) is 0 Å². The molecule has 0 heteroatoms. The Morgan fingerprint density at radius 3 is 2.27 bits per heavy atom. The summed E-state index contributed by atoms with van der Waals surface area (Å²) < 4.78 is 0.